The number of hydrogen-bond acceptors (Lipinski definition) is 2. The minimum atomic E-state index is 0.134. The highest BCUT2D eigenvalue weighted by Crippen LogP contribution is 2.32. The second-order valence-electron chi connectivity index (χ2n) is 3.90. The van der Waals surface area contributed by atoms with Crippen molar-refractivity contribution in [1.82, 2.24) is 0 Å². The van der Waals surface area contributed by atoms with E-state index in [0.717, 1.165) is 16.7 Å². The monoisotopic (exact) mass is 248 g/mol. The molecule has 0 aliphatic rings. The highest BCUT2D eigenvalue weighted by Gasteiger charge is 2.05. The van der Waals surface area contributed by atoms with Crippen molar-refractivity contribution < 1.29 is 9.84 Å². The van der Waals surface area contributed by atoms with Gasteiger partial charge in [-0.2, -0.15) is 0 Å². The van der Waals surface area contributed by atoms with Gasteiger partial charge < -0.3 is 9.84 Å². The second kappa shape index (κ2) is 4.68. The summed E-state index contributed by atoms with van der Waals surface area (Å²) in [4.78, 5) is 0. The van der Waals surface area contributed by atoms with Gasteiger partial charge in [0.05, 0.1) is 7.11 Å². The molecule has 0 saturated heterocycles. The van der Waals surface area contributed by atoms with Gasteiger partial charge in [-0.15, -0.1) is 0 Å². The van der Waals surface area contributed by atoms with Crippen LogP contribution in [-0.4, -0.2) is 12.2 Å². The summed E-state index contributed by atoms with van der Waals surface area (Å²) in [5, 5.41) is 10.2. The van der Waals surface area contributed by atoms with E-state index in [-0.39, 0.29) is 5.75 Å². The van der Waals surface area contributed by atoms with Gasteiger partial charge in [0, 0.05) is 5.02 Å². The zero-order valence-corrected chi connectivity index (χ0v) is 10.5. The molecule has 2 aromatic carbocycles. The topological polar surface area (TPSA) is 29.5 Å². The summed E-state index contributed by atoms with van der Waals surface area (Å²) in [6.07, 6.45) is 0. The van der Waals surface area contributed by atoms with Crippen molar-refractivity contribution in [2.24, 2.45) is 0 Å². The predicted molar refractivity (Wildman–Crippen MR) is 69.8 cm³/mol. The third-order valence-corrected chi connectivity index (χ3v) is 2.77. The summed E-state index contributed by atoms with van der Waals surface area (Å²) in [6.45, 7) is 1.99. The Morgan fingerprint density at radius 1 is 1.06 bits per heavy atom. The maximum absolute atomic E-state index is 9.54. The average molecular weight is 249 g/mol. The Morgan fingerprint density at radius 3 is 2.47 bits per heavy atom. The molecule has 0 saturated carbocycles. The molecule has 17 heavy (non-hydrogen) atoms. The summed E-state index contributed by atoms with van der Waals surface area (Å²) < 4.78 is 5.08. The number of phenols is 1. The number of ether oxygens (including phenoxy) is 1. The van der Waals surface area contributed by atoms with Crippen LogP contribution in [0.1, 0.15) is 5.56 Å². The Morgan fingerprint density at radius 2 is 1.82 bits per heavy atom. The molecule has 0 spiro atoms. The highest BCUT2D eigenvalue weighted by molar-refractivity contribution is 6.30. The summed E-state index contributed by atoms with van der Waals surface area (Å²) in [6, 6.07) is 11.1. The Kier molecular flexibility index (Phi) is 3.25. The number of rotatable bonds is 2. The van der Waals surface area contributed by atoms with Crippen molar-refractivity contribution in [3.05, 3.63) is 47.0 Å². The molecular weight excluding hydrogens is 236 g/mol. The number of methoxy groups -OCH3 is 1. The van der Waals surface area contributed by atoms with Crippen molar-refractivity contribution in [3.63, 3.8) is 0 Å². The van der Waals surface area contributed by atoms with Gasteiger partial charge >= 0.3 is 0 Å². The van der Waals surface area contributed by atoms with E-state index >= 15 is 0 Å². The largest absolute Gasteiger partial charge is 0.504 e. The van der Waals surface area contributed by atoms with E-state index in [1.165, 1.54) is 7.11 Å². The molecule has 0 aromatic heterocycles. The molecule has 2 aromatic rings. The van der Waals surface area contributed by atoms with Crippen molar-refractivity contribution >= 4 is 11.6 Å². The Labute approximate surface area is 105 Å². The van der Waals surface area contributed by atoms with Crippen LogP contribution in [0.3, 0.4) is 0 Å². The van der Waals surface area contributed by atoms with Gasteiger partial charge in [0.25, 0.3) is 0 Å². The van der Waals surface area contributed by atoms with Gasteiger partial charge in [0.1, 0.15) is 0 Å². The van der Waals surface area contributed by atoms with Gasteiger partial charge in [0.15, 0.2) is 11.5 Å². The van der Waals surface area contributed by atoms with Crippen molar-refractivity contribution in [3.8, 4) is 22.6 Å². The van der Waals surface area contributed by atoms with E-state index in [1.54, 1.807) is 12.1 Å². The number of aryl methyl sites for hydroxylation is 1. The van der Waals surface area contributed by atoms with Gasteiger partial charge in [0.2, 0.25) is 0 Å². The van der Waals surface area contributed by atoms with Crippen molar-refractivity contribution in [1.29, 1.82) is 0 Å². The van der Waals surface area contributed by atoms with Crippen LogP contribution in [0.15, 0.2) is 36.4 Å². The maximum atomic E-state index is 9.54. The molecule has 0 aliphatic carbocycles. The van der Waals surface area contributed by atoms with E-state index < -0.39 is 0 Å². The van der Waals surface area contributed by atoms with Gasteiger partial charge in [-0.3, -0.25) is 0 Å². The number of hydrogen-bond donors (Lipinski definition) is 1. The van der Waals surface area contributed by atoms with E-state index in [9.17, 15) is 5.11 Å². The molecular formula is C14H13ClO2. The lowest BCUT2D eigenvalue weighted by molar-refractivity contribution is 0.373. The lowest BCUT2D eigenvalue weighted by Crippen LogP contribution is -1.86. The first-order chi connectivity index (χ1) is 8.10. The minimum Gasteiger partial charge on any atom is -0.504 e. The lowest BCUT2D eigenvalue weighted by Gasteiger charge is -2.08. The maximum Gasteiger partial charge on any atom is 0.161 e. The Hall–Kier alpha value is -1.67. The summed E-state index contributed by atoms with van der Waals surface area (Å²) in [7, 11) is 1.53. The molecule has 3 heteroatoms. The fraction of sp³-hybridized carbons (Fsp3) is 0.143. The normalized spacial score (nSPS) is 10.3. The fourth-order valence-corrected chi connectivity index (χ4v) is 2.05. The van der Waals surface area contributed by atoms with Gasteiger partial charge in [-0.25, -0.2) is 0 Å². The Bertz CT molecular complexity index is 530. The molecule has 0 aliphatic heterocycles. The van der Waals surface area contributed by atoms with Crippen LogP contribution in [0.25, 0.3) is 11.1 Å². The zero-order valence-electron chi connectivity index (χ0n) is 9.70. The SMILES string of the molecule is COc1cc(-c2cc(C)cc(Cl)c2)ccc1O. The molecule has 0 radical (unpaired) electrons. The molecule has 0 heterocycles. The first-order valence-electron chi connectivity index (χ1n) is 5.25. The standard InChI is InChI=1S/C14H13ClO2/c1-9-5-11(7-12(15)6-9)10-3-4-13(16)14(8-10)17-2/h3-8,16H,1-2H3. The first kappa shape index (κ1) is 11.8. The van der Waals surface area contributed by atoms with Crippen LogP contribution in [0.2, 0.25) is 5.02 Å². The summed E-state index contributed by atoms with van der Waals surface area (Å²) >= 11 is 6.02. The number of benzene rings is 2. The molecule has 2 rings (SSSR count). The van der Waals surface area contributed by atoms with E-state index in [1.807, 2.05) is 31.2 Å². The number of aromatic hydroxyl groups is 1. The van der Waals surface area contributed by atoms with Crippen LogP contribution >= 0.6 is 11.6 Å². The molecule has 0 atom stereocenters. The quantitative estimate of drug-likeness (QED) is 0.870. The smallest absolute Gasteiger partial charge is 0.161 e. The van der Waals surface area contributed by atoms with Crippen molar-refractivity contribution in [2.45, 2.75) is 6.92 Å². The highest BCUT2D eigenvalue weighted by atomic mass is 35.5. The van der Waals surface area contributed by atoms with Crippen LogP contribution in [0, 0.1) is 6.92 Å². The summed E-state index contributed by atoms with van der Waals surface area (Å²) in [5.74, 6) is 0.593. The van der Waals surface area contributed by atoms with E-state index in [2.05, 4.69) is 0 Å². The van der Waals surface area contributed by atoms with Crippen molar-refractivity contribution in [2.75, 3.05) is 7.11 Å². The first-order valence-corrected chi connectivity index (χ1v) is 5.62. The summed E-state index contributed by atoms with van der Waals surface area (Å²) in [5.41, 5.74) is 3.07. The molecule has 0 bridgehead atoms. The molecule has 0 fully saturated rings. The van der Waals surface area contributed by atoms with Crippen LogP contribution in [0.5, 0.6) is 11.5 Å². The third kappa shape index (κ3) is 2.53. The number of phenolic OH excluding ortho intramolecular Hbond substituents is 1. The molecule has 88 valence electrons. The van der Waals surface area contributed by atoms with Crippen LogP contribution < -0.4 is 4.74 Å². The zero-order chi connectivity index (χ0) is 12.4. The third-order valence-electron chi connectivity index (χ3n) is 2.56. The fourth-order valence-electron chi connectivity index (χ4n) is 1.76. The molecule has 0 amide bonds. The lowest BCUT2D eigenvalue weighted by atomic mass is 10.0. The second-order valence-corrected chi connectivity index (χ2v) is 4.34. The minimum absolute atomic E-state index is 0.134. The van der Waals surface area contributed by atoms with Crippen LogP contribution in [-0.2, 0) is 0 Å². The molecule has 0 unspecified atom stereocenters. The molecule has 2 nitrogen and oxygen atoms in total. The van der Waals surface area contributed by atoms with E-state index in [4.69, 9.17) is 16.3 Å². The van der Waals surface area contributed by atoms with Gasteiger partial charge in [-0.05, 0) is 47.9 Å². The Balaban J connectivity index is 2.52. The molecule has 1 N–H and O–H groups in total. The number of halogens is 1. The van der Waals surface area contributed by atoms with Gasteiger partial charge in [-0.1, -0.05) is 23.7 Å². The van der Waals surface area contributed by atoms with E-state index in [0.29, 0.717) is 10.8 Å². The van der Waals surface area contributed by atoms with Crippen LogP contribution in [0.4, 0.5) is 0 Å². The predicted octanol–water partition coefficient (Wildman–Crippen LogP) is 4.03. The average Bonchev–Trinajstić information content (AvgIpc) is 2.28.